The van der Waals surface area contributed by atoms with Crippen LogP contribution in [0.3, 0.4) is 0 Å². The van der Waals surface area contributed by atoms with Gasteiger partial charge in [-0.2, -0.15) is 0 Å². The van der Waals surface area contributed by atoms with Crippen LogP contribution < -0.4 is 3.88 Å². The van der Waals surface area contributed by atoms with E-state index in [2.05, 4.69) is 15.5 Å². The molecular formula is CH2MoNOS2. The van der Waals surface area contributed by atoms with Gasteiger partial charge in [0.05, 0.1) is 0 Å². The monoisotopic (exact) mass is 206 g/mol. The first-order chi connectivity index (χ1) is 2.81. The fraction of sp³-hybridized carbons (Fsp3) is 0. The van der Waals surface area contributed by atoms with E-state index in [9.17, 15) is 4.79 Å². The van der Waals surface area contributed by atoms with Crippen LogP contribution in [0.15, 0.2) is 0 Å². The van der Waals surface area contributed by atoms with Crippen molar-refractivity contribution in [2.75, 3.05) is 0 Å². The first kappa shape index (κ1) is 6.86. The van der Waals surface area contributed by atoms with Crippen LogP contribution in [0.1, 0.15) is 0 Å². The van der Waals surface area contributed by atoms with Crippen molar-refractivity contribution >= 4 is 27.7 Å². The second-order valence-electron chi connectivity index (χ2n) is 0.481. The Balaban J connectivity index is 2.99. The molecule has 5 heteroatoms. The Morgan fingerprint density at radius 1 is 2.00 bits per heavy atom. The molecule has 35 valence electrons. The molecule has 0 aliphatic heterocycles. The van der Waals surface area contributed by atoms with Crippen molar-refractivity contribution in [3.63, 3.8) is 0 Å². The SMILES string of the molecule is O=C([NH][Mo])SS. The van der Waals surface area contributed by atoms with Gasteiger partial charge in [-0.1, -0.05) is 0 Å². The summed E-state index contributed by atoms with van der Waals surface area (Å²) in [5.74, 6) is 0. The molecule has 0 aromatic heterocycles. The molecule has 0 radical (unpaired) electrons. The van der Waals surface area contributed by atoms with Crippen molar-refractivity contribution in [1.82, 2.24) is 3.88 Å². The summed E-state index contributed by atoms with van der Waals surface area (Å²) in [7, 11) is 0.872. The van der Waals surface area contributed by atoms with Gasteiger partial charge in [0.2, 0.25) is 0 Å². The molecule has 2 nitrogen and oxygen atoms in total. The maximum absolute atomic E-state index is 9.96. The van der Waals surface area contributed by atoms with E-state index in [1.165, 1.54) is 20.1 Å². The van der Waals surface area contributed by atoms with Gasteiger partial charge in [0.1, 0.15) is 0 Å². The van der Waals surface area contributed by atoms with E-state index in [0.717, 1.165) is 10.8 Å². The average molecular weight is 204 g/mol. The number of amides is 1. The summed E-state index contributed by atoms with van der Waals surface area (Å²) in [5.41, 5.74) is 0. The summed E-state index contributed by atoms with van der Waals surface area (Å²) in [6.45, 7) is 0. The summed E-state index contributed by atoms with van der Waals surface area (Å²) < 4.78 is 2.37. The predicted molar refractivity (Wildman–Crippen MR) is 25.1 cm³/mol. The Hall–Kier alpha value is 0.858. The second-order valence-corrected chi connectivity index (χ2v) is 2.08. The Labute approximate surface area is 56.4 Å². The molecule has 0 aliphatic carbocycles. The van der Waals surface area contributed by atoms with Crippen molar-refractivity contribution in [3.8, 4) is 0 Å². The molecule has 0 spiro atoms. The van der Waals surface area contributed by atoms with Crippen LogP contribution in [0.2, 0.25) is 0 Å². The molecule has 0 aromatic carbocycles. The molecule has 1 N–H and O–H groups in total. The van der Waals surface area contributed by atoms with Gasteiger partial charge in [0.25, 0.3) is 0 Å². The van der Waals surface area contributed by atoms with Crippen LogP contribution in [-0.4, -0.2) is 5.24 Å². The van der Waals surface area contributed by atoms with Gasteiger partial charge in [0.15, 0.2) is 0 Å². The Bertz CT molecular complexity index is 51.5. The molecule has 0 rings (SSSR count). The zero-order valence-corrected chi connectivity index (χ0v) is 6.39. The van der Waals surface area contributed by atoms with Gasteiger partial charge in [0, 0.05) is 0 Å². The molecule has 1 amide bonds. The molecule has 0 fully saturated rings. The van der Waals surface area contributed by atoms with Crippen molar-refractivity contribution in [2.45, 2.75) is 0 Å². The summed E-state index contributed by atoms with van der Waals surface area (Å²) in [4.78, 5) is 9.96. The van der Waals surface area contributed by atoms with E-state index in [4.69, 9.17) is 0 Å². The van der Waals surface area contributed by atoms with E-state index < -0.39 is 0 Å². The molecule has 0 saturated carbocycles. The predicted octanol–water partition coefficient (Wildman–Crippen LogP) is 0.736. The normalized spacial score (nSPS) is 7.50. The van der Waals surface area contributed by atoms with Gasteiger partial charge < -0.3 is 0 Å². The quantitative estimate of drug-likeness (QED) is 0.346. The number of nitrogens with one attached hydrogen (secondary N) is 1. The number of hydrogen-bond acceptors (Lipinski definition) is 3. The van der Waals surface area contributed by atoms with Gasteiger partial charge >= 0.3 is 56.4 Å². The fourth-order valence-corrected chi connectivity index (χ4v) is 0.992. The summed E-state index contributed by atoms with van der Waals surface area (Å²) >= 11 is 5.10. The van der Waals surface area contributed by atoms with E-state index in [1.54, 1.807) is 0 Å². The molecule has 0 heterocycles. The van der Waals surface area contributed by atoms with Crippen LogP contribution >= 0.6 is 22.5 Å². The first-order valence-electron chi connectivity index (χ1n) is 1.04. The van der Waals surface area contributed by atoms with Crippen LogP contribution in [0, 0.1) is 0 Å². The molecule has 0 atom stereocenters. The molecule has 6 heavy (non-hydrogen) atoms. The third kappa shape index (κ3) is 3.06. The minimum absolute atomic E-state index is 0.122. The van der Waals surface area contributed by atoms with E-state index in [0.29, 0.717) is 0 Å². The zero-order valence-electron chi connectivity index (χ0n) is 2.67. The maximum atomic E-state index is 9.96. The van der Waals surface area contributed by atoms with E-state index in [-0.39, 0.29) is 5.24 Å². The topological polar surface area (TPSA) is 29.1 Å². The summed E-state index contributed by atoms with van der Waals surface area (Å²) in [5, 5.41) is -0.122. The van der Waals surface area contributed by atoms with Crippen LogP contribution in [0.4, 0.5) is 4.79 Å². The van der Waals surface area contributed by atoms with Gasteiger partial charge in [-0.15, -0.1) is 0 Å². The Morgan fingerprint density at radius 3 is 2.50 bits per heavy atom. The number of thiol groups is 1. The van der Waals surface area contributed by atoms with Crippen molar-refractivity contribution in [2.24, 2.45) is 0 Å². The van der Waals surface area contributed by atoms with Crippen LogP contribution in [0.25, 0.3) is 0 Å². The van der Waals surface area contributed by atoms with Gasteiger partial charge in [-0.05, 0) is 0 Å². The molecule has 0 aromatic rings. The van der Waals surface area contributed by atoms with Gasteiger partial charge in [-0.3, -0.25) is 0 Å². The molecule has 0 bridgehead atoms. The van der Waals surface area contributed by atoms with Crippen LogP contribution in [0.5, 0.6) is 0 Å². The van der Waals surface area contributed by atoms with Crippen molar-refractivity contribution in [3.05, 3.63) is 0 Å². The van der Waals surface area contributed by atoms with E-state index in [1.807, 2.05) is 0 Å². The summed E-state index contributed by atoms with van der Waals surface area (Å²) in [6, 6.07) is 0. The Kier molecular flexibility index (Phi) is 4.61. The second kappa shape index (κ2) is 4.03. The fourth-order valence-electron chi connectivity index (χ4n) is 0.0186. The number of hydrogen-bond donors (Lipinski definition) is 2. The average Bonchev–Trinajstić information content (AvgIpc) is 1.65. The first-order valence-corrected chi connectivity index (χ1v) is 3.92. The zero-order chi connectivity index (χ0) is 4.99. The standard InChI is InChI=1S/CH3NOS2.Mo/c2-1(3)5-4;/h(H3,2,3,4);/q;+1/p-1. The molecule has 0 unspecified atom stereocenters. The van der Waals surface area contributed by atoms with Crippen LogP contribution in [-0.2, 0) is 20.1 Å². The number of carbonyl (C=O) groups is 1. The number of rotatable bonds is 0. The third-order valence-electron chi connectivity index (χ3n) is 0.166. The minimum atomic E-state index is -0.122. The Morgan fingerprint density at radius 2 is 2.50 bits per heavy atom. The summed E-state index contributed by atoms with van der Waals surface area (Å²) in [6.07, 6.45) is 0. The molecule has 0 aliphatic rings. The number of carbonyl (C=O) groups excluding carboxylic acids is 1. The molecular weight excluding hydrogens is 202 g/mol. The van der Waals surface area contributed by atoms with Crippen molar-refractivity contribution in [1.29, 1.82) is 0 Å². The molecule has 0 saturated heterocycles. The van der Waals surface area contributed by atoms with E-state index >= 15 is 0 Å². The van der Waals surface area contributed by atoms with Crippen molar-refractivity contribution < 1.29 is 24.9 Å². The van der Waals surface area contributed by atoms with Gasteiger partial charge in [-0.25, -0.2) is 0 Å². The third-order valence-corrected chi connectivity index (χ3v) is 1.73.